The first-order valence-electron chi connectivity index (χ1n) is 9.99. The average molecular weight is 377 g/mol. The molecule has 0 bridgehead atoms. The van der Waals surface area contributed by atoms with Crippen LogP contribution < -0.4 is 5.32 Å². The molecule has 2 aromatic rings. The molecule has 0 spiro atoms. The van der Waals surface area contributed by atoms with Gasteiger partial charge in [0.2, 0.25) is 0 Å². The lowest BCUT2D eigenvalue weighted by Crippen LogP contribution is -2.50. The molecule has 5 heteroatoms. The number of hydrogen-bond donors (Lipinski definition) is 2. The van der Waals surface area contributed by atoms with Gasteiger partial charge in [-0.25, -0.2) is 0 Å². The standard InChI is InChI=1S/C23H27N3O2/c1-4-7-15-10-11-19(20(27)12-15)21-17-8-5-6-9-18(17)22(26-25-21)24-16-13-23(2,14-16)28-3/h10-12,16,27H,5-6,8-9,13-14H2,1-3H3,(H,24,26). The van der Waals surface area contributed by atoms with Crippen LogP contribution in [0.2, 0.25) is 0 Å². The van der Waals surface area contributed by atoms with Crippen molar-refractivity contribution >= 4 is 5.82 Å². The number of phenolic OH excluding ortho intramolecular Hbond substituents is 1. The molecule has 2 aliphatic rings. The Labute approximate surface area is 166 Å². The van der Waals surface area contributed by atoms with Gasteiger partial charge in [-0.05, 0) is 76.1 Å². The van der Waals surface area contributed by atoms with E-state index in [9.17, 15) is 5.11 Å². The molecule has 2 aliphatic carbocycles. The molecule has 1 fully saturated rings. The van der Waals surface area contributed by atoms with E-state index in [-0.39, 0.29) is 11.4 Å². The van der Waals surface area contributed by atoms with Crippen LogP contribution in [0.4, 0.5) is 5.82 Å². The molecule has 0 atom stereocenters. The summed E-state index contributed by atoms with van der Waals surface area (Å²) < 4.78 is 5.56. The molecule has 0 unspecified atom stereocenters. The SMILES string of the molecule is CC#Cc1ccc(-c2nnc(NC3CC(C)(OC)C3)c3c2CCCC3)c(O)c1. The number of nitrogens with zero attached hydrogens (tertiary/aromatic N) is 2. The predicted octanol–water partition coefficient (Wildman–Crippen LogP) is 4.08. The summed E-state index contributed by atoms with van der Waals surface area (Å²) in [6.07, 6.45) is 6.20. The van der Waals surface area contributed by atoms with E-state index in [2.05, 4.69) is 34.3 Å². The number of anilines is 1. The number of ether oxygens (including phenoxy) is 1. The number of aromatic hydroxyl groups is 1. The molecular weight excluding hydrogens is 350 g/mol. The summed E-state index contributed by atoms with van der Waals surface area (Å²) in [5.41, 5.74) is 4.76. The second-order valence-corrected chi connectivity index (χ2v) is 8.07. The van der Waals surface area contributed by atoms with Crippen LogP contribution in [-0.2, 0) is 17.6 Å². The minimum atomic E-state index is -0.0278. The molecular formula is C23H27N3O2. The van der Waals surface area contributed by atoms with Crippen LogP contribution in [-0.4, -0.2) is 34.1 Å². The molecule has 5 nitrogen and oxygen atoms in total. The molecule has 146 valence electrons. The largest absolute Gasteiger partial charge is 0.507 e. The average Bonchev–Trinajstić information content (AvgIpc) is 2.68. The van der Waals surface area contributed by atoms with Crippen molar-refractivity contribution in [3.8, 4) is 28.8 Å². The van der Waals surface area contributed by atoms with Crippen LogP contribution >= 0.6 is 0 Å². The highest BCUT2D eigenvalue weighted by molar-refractivity contribution is 5.73. The molecule has 4 rings (SSSR count). The summed E-state index contributed by atoms with van der Waals surface area (Å²) in [5.74, 6) is 6.94. The van der Waals surface area contributed by atoms with Gasteiger partial charge in [0.25, 0.3) is 0 Å². The van der Waals surface area contributed by atoms with Crippen LogP contribution in [0.5, 0.6) is 5.75 Å². The highest BCUT2D eigenvalue weighted by Gasteiger charge is 2.41. The first-order valence-corrected chi connectivity index (χ1v) is 9.99. The molecule has 1 aromatic heterocycles. The number of rotatable bonds is 4. The zero-order valence-corrected chi connectivity index (χ0v) is 16.8. The van der Waals surface area contributed by atoms with E-state index in [1.165, 1.54) is 11.1 Å². The van der Waals surface area contributed by atoms with Crippen molar-refractivity contribution in [2.24, 2.45) is 0 Å². The van der Waals surface area contributed by atoms with Crippen molar-refractivity contribution in [3.63, 3.8) is 0 Å². The van der Waals surface area contributed by atoms with Gasteiger partial charge in [-0.2, -0.15) is 0 Å². The lowest BCUT2D eigenvalue weighted by Gasteiger charge is -2.44. The normalized spacial score (nSPS) is 23.2. The highest BCUT2D eigenvalue weighted by atomic mass is 16.5. The Morgan fingerprint density at radius 1 is 1.18 bits per heavy atom. The minimum Gasteiger partial charge on any atom is -0.507 e. The number of nitrogens with one attached hydrogen (secondary N) is 1. The van der Waals surface area contributed by atoms with Gasteiger partial charge in [0, 0.05) is 29.8 Å². The van der Waals surface area contributed by atoms with Gasteiger partial charge in [0.1, 0.15) is 11.4 Å². The Bertz CT molecular complexity index is 952. The van der Waals surface area contributed by atoms with E-state index in [0.29, 0.717) is 6.04 Å². The third kappa shape index (κ3) is 3.45. The fraction of sp³-hybridized carbons (Fsp3) is 0.478. The molecule has 0 saturated heterocycles. The predicted molar refractivity (Wildman–Crippen MR) is 110 cm³/mol. The fourth-order valence-electron chi connectivity index (χ4n) is 4.38. The molecule has 1 aromatic carbocycles. The number of benzene rings is 1. The van der Waals surface area contributed by atoms with Crippen molar-refractivity contribution in [3.05, 3.63) is 34.9 Å². The Kier molecular flexibility index (Phi) is 4.99. The summed E-state index contributed by atoms with van der Waals surface area (Å²) in [6, 6.07) is 5.90. The van der Waals surface area contributed by atoms with Crippen LogP contribution in [0.15, 0.2) is 18.2 Å². The van der Waals surface area contributed by atoms with Crippen LogP contribution in [0, 0.1) is 11.8 Å². The molecule has 1 saturated carbocycles. The van der Waals surface area contributed by atoms with Gasteiger partial charge in [-0.15, -0.1) is 16.1 Å². The van der Waals surface area contributed by atoms with Gasteiger partial charge in [-0.1, -0.05) is 5.92 Å². The Morgan fingerprint density at radius 3 is 2.61 bits per heavy atom. The first-order chi connectivity index (χ1) is 13.5. The fourth-order valence-corrected chi connectivity index (χ4v) is 4.38. The van der Waals surface area contributed by atoms with Crippen molar-refractivity contribution in [2.45, 2.75) is 64.0 Å². The maximum Gasteiger partial charge on any atom is 0.152 e. The van der Waals surface area contributed by atoms with Crippen LogP contribution in [0.25, 0.3) is 11.3 Å². The maximum absolute atomic E-state index is 10.6. The number of aromatic nitrogens is 2. The van der Waals surface area contributed by atoms with E-state index in [0.717, 1.165) is 61.2 Å². The van der Waals surface area contributed by atoms with Gasteiger partial charge < -0.3 is 15.2 Å². The van der Waals surface area contributed by atoms with E-state index < -0.39 is 0 Å². The number of hydrogen-bond acceptors (Lipinski definition) is 5. The van der Waals surface area contributed by atoms with Crippen molar-refractivity contribution in [1.82, 2.24) is 10.2 Å². The molecule has 1 heterocycles. The maximum atomic E-state index is 10.6. The second kappa shape index (κ2) is 7.44. The summed E-state index contributed by atoms with van der Waals surface area (Å²) in [5, 5.41) is 23.2. The monoisotopic (exact) mass is 377 g/mol. The highest BCUT2D eigenvalue weighted by Crippen LogP contribution is 2.40. The third-order valence-corrected chi connectivity index (χ3v) is 6.00. The topological polar surface area (TPSA) is 67.3 Å². The zero-order valence-electron chi connectivity index (χ0n) is 16.8. The summed E-state index contributed by atoms with van der Waals surface area (Å²) in [4.78, 5) is 0. The van der Waals surface area contributed by atoms with Crippen LogP contribution in [0.3, 0.4) is 0 Å². The molecule has 0 radical (unpaired) electrons. The Balaban J connectivity index is 1.66. The molecule has 2 N–H and O–H groups in total. The number of methoxy groups -OCH3 is 1. The first kappa shape index (κ1) is 18.8. The zero-order chi connectivity index (χ0) is 19.7. The van der Waals surface area contributed by atoms with Crippen molar-refractivity contribution in [1.29, 1.82) is 0 Å². The lowest BCUT2D eigenvalue weighted by molar-refractivity contribution is -0.0625. The van der Waals surface area contributed by atoms with Gasteiger partial charge >= 0.3 is 0 Å². The quantitative estimate of drug-likeness (QED) is 0.786. The summed E-state index contributed by atoms with van der Waals surface area (Å²) in [6.45, 7) is 3.93. The van der Waals surface area contributed by atoms with Gasteiger partial charge in [-0.3, -0.25) is 0 Å². The Hall–Kier alpha value is -2.58. The van der Waals surface area contributed by atoms with E-state index >= 15 is 0 Å². The lowest BCUT2D eigenvalue weighted by atomic mass is 9.77. The van der Waals surface area contributed by atoms with E-state index in [1.807, 2.05) is 12.1 Å². The third-order valence-electron chi connectivity index (χ3n) is 6.00. The van der Waals surface area contributed by atoms with Gasteiger partial charge in [0.05, 0.1) is 5.60 Å². The van der Waals surface area contributed by atoms with Crippen LogP contribution in [0.1, 0.15) is 56.2 Å². The summed E-state index contributed by atoms with van der Waals surface area (Å²) in [7, 11) is 1.77. The smallest absolute Gasteiger partial charge is 0.152 e. The molecule has 28 heavy (non-hydrogen) atoms. The van der Waals surface area contributed by atoms with E-state index in [1.54, 1.807) is 20.1 Å². The number of fused-ring (bicyclic) bond motifs is 1. The molecule has 0 aliphatic heterocycles. The second-order valence-electron chi connectivity index (χ2n) is 8.07. The van der Waals surface area contributed by atoms with Gasteiger partial charge in [0.15, 0.2) is 5.82 Å². The Morgan fingerprint density at radius 2 is 1.93 bits per heavy atom. The number of phenols is 1. The molecule has 0 amide bonds. The van der Waals surface area contributed by atoms with E-state index in [4.69, 9.17) is 4.74 Å². The van der Waals surface area contributed by atoms with Crippen molar-refractivity contribution in [2.75, 3.05) is 12.4 Å². The summed E-state index contributed by atoms with van der Waals surface area (Å²) >= 11 is 0. The minimum absolute atomic E-state index is 0.0278. The van der Waals surface area contributed by atoms with Crippen molar-refractivity contribution < 1.29 is 9.84 Å².